The van der Waals surface area contributed by atoms with Crippen molar-refractivity contribution in [2.24, 2.45) is 4.99 Å². The first-order valence-electron chi connectivity index (χ1n) is 4.45. The third-order valence-electron chi connectivity index (χ3n) is 2.17. The molecule has 3 nitrogen and oxygen atoms in total. The van der Waals surface area contributed by atoms with Gasteiger partial charge in [0, 0.05) is 20.0 Å². The number of amidine groups is 1. The van der Waals surface area contributed by atoms with Crippen LogP contribution in [-0.4, -0.2) is 19.4 Å². The quantitative estimate of drug-likeness (QED) is 0.768. The van der Waals surface area contributed by atoms with Crippen molar-refractivity contribution in [2.75, 3.05) is 18.6 Å². The second-order valence-corrected chi connectivity index (χ2v) is 3.02. The number of hydrogen-bond acceptors (Lipinski definition) is 2. The molecule has 0 aliphatic carbocycles. The van der Waals surface area contributed by atoms with Gasteiger partial charge in [-0.1, -0.05) is 18.2 Å². The van der Waals surface area contributed by atoms with Crippen LogP contribution in [0.4, 0.5) is 5.69 Å². The lowest BCUT2D eigenvalue weighted by Gasteiger charge is -2.17. The van der Waals surface area contributed by atoms with E-state index < -0.39 is 0 Å². The van der Waals surface area contributed by atoms with Crippen molar-refractivity contribution in [2.45, 2.75) is 6.42 Å². The van der Waals surface area contributed by atoms with Gasteiger partial charge in [0.1, 0.15) is 5.84 Å². The summed E-state index contributed by atoms with van der Waals surface area (Å²) in [5.74, 6) is 1.06. The molecule has 2 rings (SSSR count). The Kier molecular flexibility index (Phi) is 3.77. The average Bonchev–Trinajstić information content (AvgIpc) is 2.67. The average molecular weight is 212 g/mol. The van der Waals surface area contributed by atoms with Crippen LogP contribution in [0, 0.1) is 0 Å². The predicted octanol–water partition coefficient (Wildman–Crippen LogP) is 1.85. The summed E-state index contributed by atoms with van der Waals surface area (Å²) in [4.78, 5) is 4.13. The second kappa shape index (κ2) is 4.86. The molecule has 0 radical (unpaired) electrons. The minimum Gasteiger partial charge on any atom is -0.286 e. The lowest BCUT2D eigenvalue weighted by atomic mass is 10.3. The molecule has 0 aromatic heterocycles. The number of benzene rings is 1. The van der Waals surface area contributed by atoms with Crippen molar-refractivity contribution in [1.82, 2.24) is 5.43 Å². The lowest BCUT2D eigenvalue weighted by Crippen LogP contribution is -2.32. The Hall–Kier alpha value is -1.22. The maximum Gasteiger partial charge on any atom is 0.116 e. The van der Waals surface area contributed by atoms with E-state index in [4.69, 9.17) is 0 Å². The molecular formula is C10H14ClN3. The molecule has 1 aromatic rings. The van der Waals surface area contributed by atoms with E-state index in [1.165, 1.54) is 5.69 Å². The van der Waals surface area contributed by atoms with Gasteiger partial charge in [-0.3, -0.25) is 15.4 Å². The highest BCUT2D eigenvalue weighted by Crippen LogP contribution is 2.14. The van der Waals surface area contributed by atoms with Gasteiger partial charge in [-0.05, 0) is 12.1 Å². The number of hydrogen-bond donors (Lipinski definition) is 1. The van der Waals surface area contributed by atoms with Crippen molar-refractivity contribution in [3.63, 3.8) is 0 Å². The highest BCUT2D eigenvalue weighted by Gasteiger charge is 2.15. The molecule has 1 aliphatic heterocycles. The fourth-order valence-corrected chi connectivity index (χ4v) is 1.45. The van der Waals surface area contributed by atoms with Crippen LogP contribution in [0.3, 0.4) is 0 Å². The molecule has 1 heterocycles. The van der Waals surface area contributed by atoms with Gasteiger partial charge in [0.05, 0.1) is 5.69 Å². The van der Waals surface area contributed by atoms with Gasteiger partial charge in [0.2, 0.25) is 0 Å². The Balaban J connectivity index is 0.000000980. The number of nitrogens with one attached hydrogen (secondary N) is 1. The van der Waals surface area contributed by atoms with Crippen molar-refractivity contribution < 1.29 is 0 Å². The van der Waals surface area contributed by atoms with Crippen LogP contribution in [0.15, 0.2) is 35.3 Å². The molecule has 76 valence electrons. The maximum absolute atomic E-state index is 4.13. The van der Waals surface area contributed by atoms with E-state index in [1.807, 2.05) is 25.2 Å². The SMILES string of the molecule is CN=C1CCN(c2ccccc2)N1.Cl. The minimum atomic E-state index is 0. The van der Waals surface area contributed by atoms with Gasteiger partial charge in [-0.15, -0.1) is 12.4 Å². The predicted molar refractivity (Wildman–Crippen MR) is 62.1 cm³/mol. The molecule has 0 saturated carbocycles. The van der Waals surface area contributed by atoms with Crippen LogP contribution >= 0.6 is 12.4 Å². The zero-order chi connectivity index (χ0) is 9.10. The maximum atomic E-state index is 4.13. The van der Waals surface area contributed by atoms with E-state index in [0.29, 0.717) is 0 Å². The van der Waals surface area contributed by atoms with Crippen molar-refractivity contribution in [3.05, 3.63) is 30.3 Å². The van der Waals surface area contributed by atoms with Crippen LogP contribution in [-0.2, 0) is 0 Å². The monoisotopic (exact) mass is 211 g/mol. The summed E-state index contributed by atoms with van der Waals surface area (Å²) in [5.41, 5.74) is 4.44. The van der Waals surface area contributed by atoms with E-state index in [2.05, 4.69) is 27.6 Å². The van der Waals surface area contributed by atoms with Crippen molar-refractivity contribution >= 4 is 23.9 Å². The molecule has 1 N–H and O–H groups in total. The Labute approximate surface area is 90.2 Å². The second-order valence-electron chi connectivity index (χ2n) is 3.02. The Morgan fingerprint density at radius 1 is 1.29 bits per heavy atom. The molecular weight excluding hydrogens is 198 g/mol. The first kappa shape index (κ1) is 10.9. The largest absolute Gasteiger partial charge is 0.286 e. The van der Waals surface area contributed by atoms with Gasteiger partial charge in [0.25, 0.3) is 0 Å². The molecule has 1 fully saturated rings. The standard InChI is InChI=1S/C10H13N3.ClH/c1-11-10-7-8-13(12-10)9-5-3-2-4-6-9;/h2-6H,7-8H2,1H3,(H,11,12);1H. The minimum absolute atomic E-state index is 0. The summed E-state index contributed by atoms with van der Waals surface area (Å²) in [6.45, 7) is 0.997. The summed E-state index contributed by atoms with van der Waals surface area (Å²) in [7, 11) is 1.82. The van der Waals surface area contributed by atoms with Crippen LogP contribution in [0.25, 0.3) is 0 Å². The molecule has 1 aliphatic rings. The van der Waals surface area contributed by atoms with E-state index >= 15 is 0 Å². The highest BCUT2D eigenvalue weighted by atomic mass is 35.5. The van der Waals surface area contributed by atoms with Crippen molar-refractivity contribution in [1.29, 1.82) is 0 Å². The first-order valence-corrected chi connectivity index (χ1v) is 4.45. The normalized spacial score (nSPS) is 17.8. The summed E-state index contributed by atoms with van der Waals surface area (Å²) in [6, 6.07) is 10.3. The first-order chi connectivity index (χ1) is 6.40. The molecule has 0 unspecified atom stereocenters. The number of halogens is 1. The zero-order valence-electron chi connectivity index (χ0n) is 8.10. The van der Waals surface area contributed by atoms with E-state index in [0.717, 1.165) is 18.8 Å². The van der Waals surface area contributed by atoms with Crippen LogP contribution < -0.4 is 10.4 Å². The molecule has 4 heteroatoms. The van der Waals surface area contributed by atoms with E-state index in [9.17, 15) is 0 Å². The summed E-state index contributed by atoms with van der Waals surface area (Å²) >= 11 is 0. The van der Waals surface area contributed by atoms with E-state index in [-0.39, 0.29) is 12.4 Å². The molecule has 1 aromatic carbocycles. The Bertz CT molecular complexity index is 310. The summed E-state index contributed by atoms with van der Waals surface area (Å²) in [6.07, 6.45) is 1.01. The topological polar surface area (TPSA) is 27.6 Å². The van der Waals surface area contributed by atoms with Gasteiger partial charge in [-0.25, -0.2) is 0 Å². The van der Waals surface area contributed by atoms with Gasteiger partial charge in [0.15, 0.2) is 0 Å². The Morgan fingerprint density at radius 3 is 2.57 bits per heavy atom. The van der Waals surface area contributed by atoms with E-state index in [1.54, 1.807) is 0 Å². The van der Waals surface area contributed by atoms with Gasteiger partial charge < -0.3 is 0 Å². The number of hydrazine groups is 1. The number of para-hydroxylation sites is 1. The van der Waals surface area contributed by atoms with Crippen LogP contribution in [0.5, 0.6) is 0 Å². The van der Waals surface area contributed by atoms with Crippen molar-refractivity contribution in [3.8, 4) is 0 Å². The lowest BCUT2D eigenvalue weighted by molar-refractivity contribution is 0.857. The number of nitrogens with zero attached hydrogens (tertiary/aromatic N) is 2. The van der Waals surface area contributed by atoms with Gasteiger partial charge >= 0.3 is 0 Å². The molecule has 0 bridgehead atoms. The molecule has 1 saturated heterocycles. The summed E-state index contributed by atoms with van der Waals surface area (Å²) < 4.78 is 0. The fraction of sp³-hybridized carbons (Fsp3) is 0.300. The van der Waals surface area contributed by atoms with Crippen LogP contribution in [0.2, 0.25) is 0 Å². The third kappa shape index (κ3) is 2.17. The molecule has 14 heavy (non-hydrogen) atoms. The van der Waals surface area contributed by atoms with Crippen LogP contribution in [0.1, 0.15) is 6.42 Å². The van der Waals surface area contributed by atoms with Gasteiger partial charge in [-0.2, -0.15) is 0 Å². The number of aliphatic imine (C=N–C) groups is 1. The number of anilines is 1. The molecule has 0 spiro atoms. The fourth-order valence-electron chi connectivity index (χ4n) is 1.45. The zero-order valence-corrected chi connectivity index (χ0v) is 8.92. The Morgan fingerprint density at radius 2 is 2.00 bits per heavy atom. The smallest absolute Gasteiger partial charge is 0.116 e. The highest BCUT2D eigenvalue weighted by molar-refractivity contribution is 5.86. The number of rotatable bonds is 1. The third-order valence-corrected chi connectivity index (χ3v) is 2.17. The molecule has 0 atom stereocenters. The summed E-state index contributed by atoms with van der Waals surface area (Å²) in [5, 5.41) is 2.11. The molecule has 0 amide bonds.